The van der Waals surface area contributed by atoms with Crippen LogP contribution in [0.1, 0.15) is 38.2 Å². The Morgan fingerprint density at radius 3 is 2.05 bits per heavy atom. The van der Waals surface area contributed by atoms with Crippen LogP contribution in [-0.2, 0) is 31.3 Å². The van der Waals surface area contributed by atoms with Crippen molar-refractivity contribution in [2.24, 2.45) is 5.92 Å². The third-order valence-corrected chi connectivity index (χ3v) is 10.7. The van der Waals surface area contributed by atoms with Crippen molar-refractivity contribution in [1.82, 2.24) is 13.9 Å². The zero-order valence-corrected chi connectivity index (χ0v) is 22.8. The maximum atomic E-state index is 13.1. The van der Waals surface area contributed by atoms with E-state index in [2.05, 4.69) is 5.32 Å². The van der Waals surface area contributed by atoms with Crippen molar-refractivity contribution in [1.29, 1.82) is 0 Å². The van der Waals surface area contributed by atoms with Gasteiger partial charge in [-0.05, 0) is 81.0 Å². The van der Waals surface area contributed by atoms with Crippen LogP contribution >= 0.6 is 0 Å². The molecule has 0 unspecified atom stereocenters. The Hall–Kier alpha value is -2.47. The third-order valence-electron chi connectivity index (χ3n) is 6.87. The van der Waals surface area contributed by atoms with Crippen LogP contribution in [-0.4, -0.2) is 70.7 Å². The van der Waals surface area contributed by atoms with Gasteiger partial charge in [-0.2, -0.15) is 8.61 Å². The first-order valence-corrected chi connectivity index (χ1v) is 15.7. The van der Waals surface area contributed by atoms with Crippen LogP contribution in [0.4, 0.5) is 0 Å². The largest absolute Gasteiger partial charge is 0.494 e. The summed E-state index contributed by atoms with van der Waals surface area (Å²) < 4.78 is 59.9. The summed E-state index contributed by atoms with van der Waals surface area (Å²) in [5.74, 6) is 0.0271. The summed E-state index contributed by atoms with van der Waals surface area (Å²) in [6.07, 6.45) is 3.58. The van der Waals surface area contributed by atoms with Crippen molar-refractivity contribution in [3.63, 3.8) is 0 Å². The van der Waals surface area contributed by atoms with Crippen LogP contribution in [0, 0.1) is 5.92 Å². The molecule has 0 saturated carbocycles. The molecule has 1 N–H and O–H groups in total. The Labute approximate surface area is 219 Å². The fraction of sp³-hybridized carbons (Fsp3) is 0.500. The summed E-state index contributed by atoms with van der Waals surface area (Å²) in [5, 5.41) is 2.92. The van der Waals surface area contributed by atoms with E-state index in [1.165, 1.54) is 20.7 Å². The molecule has 2 saturated heterocycles. The molecule has 1 amide bonds. The fourth-order valence-electron chi connectivity index (χ4n) is 4.78. The van der Waals surface area contributed by atoms with Crippen molar-refractivity contribution < 1.29 is 26.4 Å². The third kappa shape index (κ3) is 6.51. The first kappa shape index (κ1) is 27.6. The van der Waals surface area contributed by atoms with Gasteiger partial charge in [0.15, 0.2) is 0 Å². The zero-order valence-electron chi connectivity index (χ0n) is 21.1. The van der Waals surface area contributed by atoms with Gasteiger partial charge in [-0.3, -0.25) is 4.79 Å². The van der Waals surface area contributed by atoms with Crippen LogP contribution in [0.15, 0.2) is 58.3 Å². The normalized spacial score (nSPS) is 19.5. The highest BCUT2D eigenvalue weighted by Gasteiger charge is 2.33. The first-order chi connectivity index (χ1) is 17.7. The summed E-state index contributed by atoms with van der Waals surface area (Å²) in [7, 11) is -7.14. The van der Waals surface area contributed by atoms with E-state index in [9.17, 15) is 21.6 Å². The van der Waals surface area contributed by atoms with E-state index in [0.717, 1.165) is 18.4 Å². The van der Waals surface area contributed by atoms with Crippen LogP contribution in [0.3, 0.4) is 0 Å². The molecule has 9 nitrogen and oxygen atoms in total. The zero-order chi connectivity index (χ0) is 26.5. The number of hydrogen-bond donors (Lipinski definition) is 1. The van der Waals surface area contributed by atoms with E-state index in [0.29, 0.717) is 62.7 Å². The molecule has 0 bridgehead atoms. The predicted molar refractivity (Wildman–Crippen MR) is 140 cm³/mol. The van der Waals surface area contributed by atoms with Crippen molar-refractivity contribution in [2.45, 2.75) is 48.8 Å². The Kier molecular flexibility index (Phi) is 8.89. The van der Waals surface area contributed by atoms with Gasteiger partial charge in [-0.15, -0.1) is 0 Å². The SMILES string of the molecule is CCOc1ccc(S(=O)(=O)N2CCC[C@H](C(=O)NCCc3ccc(S(=O)(=O)N4CCCC4)cc3)C2)cc1. The minimum atomic E-state index is -3.70. The van der Waals surface area contributed by atoms with Gasteiger partial charge < -0.3 is 10.1 Å². The van der Waals surface area contributed by atoms with Crippen molar-refractivity contribution in [2.75, 3.05) is 39.3 Å². The van der Waals surface area contributed by atoms with Crippen LogP contribution < -0.4 is 10.1 Å². The molecule has 37 heavy (non-hydrogen) atoms. The Balaban J connectivity index is 1.29. The molecule has 2 aliphatic rings. The highest BCUT2D eigenvalue weighted by Crippen LogP contribution is 2.25. The summed E-state index contributed by atoms with van der Waals surface area (Å²) in [6.45, 7) is 4.41. The van der Waals surface area contributed by atoms with Gasteiger partial charge in [0.05, 0.1) is 22.3 Å². The van der Waals surface area contributed by atoms with Gasteiger partial charge in [-0.1, -0.05) is 12.1 Å². The van der Waals surface area contributed by atoms with Crippen molar-refractivity contribution >= 4 is 26.0 Å². The molecule has 0 aromatic heterocycles. The number of piperidine rings is 1. The van der Waals surface area contributed by atoms with E-state index in [4.69, 9.17) is 4.74 Å². The second-order valence-electron chi connectivity index (χ2n) is 9.40. The molecular formula is C26H35N3O6S2. The predicted octanol–water partition coefficient (Wildman–Crippen LogP) is 2.63. The molecule has 0 aliphatic carbocycles. The minimum Gasteiger partial charge on any atom is -0.494 e. The summed E-state index contributed by atoms with van der Waals surface area (Å²) >= 11 is 0. The van der Waals surface area contributed by atoms with Crippen LogP contribution in [0.5, 0.6) is 5.75 Å². The Morgan fingerprint density at radius 2 is 1.43 bits per heavy atom. The molecule has 0 spiro atoms. The van der Waals surface area contributed by atoms with E-state index in [1.807, 2.05) is 6.92 Å². The quantitative estimate of drug-likeness (QED) is 0.488. The molecule has 2 aliphatic heterocycles. The number of carbonyl (C=O) groups is 1. The number of sulfonamides is 2. The van der Waals surface area contributed by atoms with Crippen molar-refractivity contribution in [3.05, 3.63) is 54.1 Å². The summed E-state index contributed by atoms with van der Waals surface area (Å²) in [5.41, 5.74) is 0.920. The van der Waals surface area contributed by atoms with Crippen molar-refractivity contribution in [3.8, 4) is 5.75 Å². The smallest absolute Gasteiger partial charge is 0.243 e. The number of amides is 1. The number of nitrogens with one attached hydrogen (secondary N) is 1. The first-order valence-electron chi connectivity index (χ1n) is 12.8. The average Bonchev–Trinajstić information content (AvgIpc) is 3.46. The van der Waals surface area contributed by atoms with E-state index in [1.54, 1.807) is 36.4 Å². The Morgan fingerprint density at radius 1 is 0.865 bits per heavy atom. The maximum Gasteiger partial charge on any atom is 0.243 e. The molecule has 4 rings (SSSR count). The molecule has 1 atom stereocenters. The number of rotatable bonds is 10. The monoisotopic (exact) mass is 549 g/mol. The highest BCUT2D eigenvalue weighted by molar-refractivity contribution is 7.89. The second-order valence-corrected chi connectivity index (χ2v) is 13.3. The van der Waals surface area contributed by atoms with Crippen LogP contribution in [0.2, 0.25) is 0 Å². The highest BCUT2D eigenvalue weighted by atomic mass is 32.2. The van der Waals surface area contributed by atoms with Gasteiger partial charge in [-0.25, -0.2) is 16.8 Å². The molecule has 11 heteroatoms. The lowest BCUT2D eigenvalue weighted by molar-refractivity contribution is -0.126. The molecule has 2 fully saturated rings. The van der Waals surface area contributed by atoms with Gasteiger partial charge in [0.25, 0.3) is 0 Å². The molecule has 2 aromatic rings. The summed E-state index contributed by atoms with van der Waals surface area (Å²) in [6, 6.07) is 13.1. The number of carbonyl (C=O) groups excluding carboxylic acids is 1. The number of hydrogen-bond acceptors (Lipinski definition) is 6. The van der Waals surface area contributed by atoms with Gasteiger partial charge >= 0.3 is 0 Å². The lowest BCUT2D eigenvalue weighted by atomic mass is 9.99. The van der Waals surface area contributed by atoms with E-state index in [-0.39, 0.29) is 17.3 Å². The molecule has 202 valence electrons. The van der Waals surface area contributed by atoms with Gasteiger partial charge in [0.1, 0.15) is 5.75 Å². The topological polar surface area (TPSA) is 113 Å². The lowest BCUT2D eigenvalue weighted by Crippen LogP contribution is -2.45. The van der Waals surface area contributed by atoms with E-state index >= 15 is 0 Å². The molecule has 0 radical (unpaired) electrons. The maximum absolute atomic E-state index is 13.1. The Bertz CT molecular complexity index is 1270. The lowest BCUT2D eigenvalue weighted by Gasteiger charge is -2.31. The summed E-state index contributed by atoms with van der Waals surface area (Å²) in [4.78, 5) is 13.3. The standard InChI is InChI=1S/C26H35N3O6S2/c1-2-35-23-9-13-25(14-10-23)37(33,34)29-19-5-6-22(20-29)26(30)27-16-15-21-7-11-24(12-8-21)36(31,32)28-17-3-4-18-28/h7-14,22H,2-6,15-20H2,1H3,(H,27,30)/t22-/m0/s1. The number of ether oxygens (including phenoxy) is 1. The second kappa shape index (κ2) is 11.9. The van der Waals surface area contributed by atoms with Crippen LogP contribution in [0.25, 0.3) is 0 Å². The van der Waals surface area contributed by atoms with E-state index < -0.39 is 26.0 Å². The van der Waals surface area contributed by atoms with Gasteiger partial charge in [0.2, 0.25) is 26.0 Å². The number of benzene rings is 2. The average molecular weight is 550 g/mol. The fourth-order valence-corrected chi connectivity index (χ4v) is 7.82. The molecule has 2 aromatic carbocycles. The van der Waals surface area contributed by atoms with Gasteiger partial charge in [0, 0.05) is 32.7 Å². The molecule has 2 heterocycles. The molecular weight excluding hydrogens is 514 g/mol. The minimum absolute atomic E-state index is 0.143. The number of nitrogens with zero attached hydrogens (tertiary/aromatic N) is 2.